The van der Waals surface area contributed by atoms with Gasteiger partial charge in [-0.3, -0.25) is 5.10 Å². The quantitative estimate of drug-likeness (QED) is 0.792. The first-order chi connectivity index (χ1) is 6.79. The first kappa shape index (κ1) is 9.62. The van der Waals surface area contributed by atoms with Crippen LogP contribution in [0, 0.1) is 0 Å². The summed E-state index contributed by atoms with van der Waals surface area (Å²) in [6.45, 7) is 0. The molecule has 0 aliphatic carbocycles. The van der Waals surface area contributed by atoms with E-state index < -0.39 is 0 Å². The van der Waals surface area contributed by atoms with Crippen molar-refractivity contribution in [3.8, 4) is 11.3 Å². The molecule has 1 N–H and O–H groups in total. The normalized spacial score (nSPS) is 10.4. The largest absolute Gasteiger partial charge is 0.277 e. The number of halogens is 1. The summed E-state index contributed by atoms with van der Waals surface area (Å²) < 4.78 is 0. The Hall–Kier alpha value is -0.930. The zero-order valence-corrected chi connectivity index (χ0v) is 9.19. The van der Waals surface area contributed by atoms with Crippen LogP contribution < -0.4 is 0 Å². The van der Waals surface area contributed by atoms with Gasteiger partial charge in [-0.05, 0) is 30.0 Å². The van der Waals surface area contributed by atoms with Crippen molar-refractivity contribution in [2.24, 2.45) is 0 Å². The zero-order valence-electron chi connectivity index (χ0n) is 7.62. The SMILES string of the molecule is CSc1cc(-c2ccc(Cl)cc2)[nH]n1. The Kier molecular flexibility index (Phi) is 2.79. The van der Waals surface area contributed by atoms with E-state index in [1.165, 1.54) is 0 Å². The summed E-state index contributed by atoms with van der Waals surface area (Å²) in [4.78, 5) is 0. The standard InChI is InChI=1S/C10H9ClN2S/c1-14-10-6-9(12-13-10)7-2-4-8(11)5-3-7/h2-6H,1H3,(H,12,13). The summed E-state index contributed by atoms with van der Waals surface area (Å²) in [5.74, 6) is 0. The van der Waals surface area contributed by atoms with Gasteiger partial charge in [0, 0.05) is 5.02 Å². The minimum atomic E-state index is 0.748. The lowest BCUT2D eigenvalue weighted by atomic mass is 10.2. The second kappa shape index (κ2) is 4.07. The Morgan fingerprint density at radius 2 is 2.00 bits per heavy atom. The van der Waals surface area contributed by atoms with Gasteiger partial charge < -0.3 is 0 Å². The fourth-order valence-corrected chi connectivity index (χ4v) is 1.68. The molecule has 2 rings (SSSR count). The maximum atomic E-state index is 5.80. The van der Waals surface area contributed by atoms with Gasteiger partial charge in [0.05, 0.1) is 5.69 Å². The van der Waals surface area contributed by atoms with Crippen LogP contribution in [-0.2, 0) is 0 Å². The Bertz CT molecular complexity index is 422. The van der Waals surface area contributed by atoms with E-state index in [2.05, 4.69) is 10.2 Å². The van der Waals surface area contributed by atoms with Crippen LogP contribution in [-0.4, -0.2) is 16.5 Å². The van der Waals surface area contributed by atoms with E-state index in [-0.39, 0.29) is 0 Å². The fraction of sp³-hybridized carbons (Fsp3) is 0.100. The first-order valence-corrected chi connectivity index (χ1v) is 5.75. The summed E-state index contributed by atoms with van der Waals surface area (Å²) in [7, 11) is 0. The monoisotopic (exact) mass is 224 g/mol. The lowest BCUT2D eigenvalue weighted by Gasteiger charge is -1.95. The van der Waals surface area contributed by atoms with Gasteiger partial charge in [0.25, 0.3) is 0 Å². The highest BCUT2D eigenvalue weighted by Crippen LogP contribution is 2.22. The number of nitrogens with zero attached hydrogens (tertiary/aromatic N) is 1. The number of aromatic nitrogens is 2. The van der Waals surface area contributed by atoms with Crippen molar-refractivity contribution in [3.63, 3.8) is 0 Å². The molecule has 0 saturated carbocycles. The summed E-state index contributed by atoms with van der Waals surface area (Å²) in [5, 5.41) is 8.86. The van der Waals surface area contributed by atoms with Crippen LogP contribution in [0.2, 0.25) is 5.02 Å². The van der Waals surface area contributed by atoms with Gasteiger partial charge in [0.15, 0.2) is 0 Å². The number of H-pyrrole nitrogens is 1. The number of hydrogen-bond donors (Lipinski definition) is 1. The number of rotatable bonds is 2. The zero-order chi connectivity index (χ0) is 9.97. The predicted molar refractivity (Wildman–Crippen MR) is 60.8 cm³/mol. The molecule has 0 amide bonds. The molecule has 0 unspecified atom stereocenters. The number of benzene rings is 1. The summed E-state index contributed by atoms with van der Waals surface area (Å²) in [5.41, 5.74) is 2.12. The number of aromatic amines is 1. The summed E-state index contributed by atoms with van der Waals surface area (Å²) in [6.07, 6.45) is 2.00. The molecule has 0 bridgehead atoms. The van der Waals surface area contributed by atoms with Crippen LogP contribution in [0.4, 0.5) is 0 Å². The molecule has 0 atom stereocenters. The molecular weight excluding hydrogens is 216 g/mol. The molecule has 1 aromatic heterocycles. The van der Waals surface area contributed by atoms with Crippen LogP contribution in [0.5, 0.6) is 0 Å². The number of nitrogens with one attached hydrogen (secondary N) is 1. The van der Waals surface area contributed by atoms with Gasteiger partial charge in [0.1, 0.15) is 5.03 Å². The highest BCUT2D eigenvalue weighted by molar-refractivity contribution is 7.98. The van der Waals surface area contributed by atoms with E-state index in [4.69, 9.17) is 11.6 Å². The molecule has 72 valence electrons. The lowest BCUT2D eigenvalue weighted by molar-refractivity contribution is 1.01. The van der Waals surface area contributed by atoms with Gasteiger partial charge in [-0.2, -0.15) is 5.10 Å². The average Bonchev–Trinajstić information content (AvgIpc) is 2.67. The van der Waals surface area contributed by atoms with E-state index in [9.17, 15) is 0 Å². The van der Waals surface area contributed by atoms with E-state index in [0.29, 0.717) is 0 Å². The molecule has 0 aliphatic rings. The van der Waals surface area contributed by atoms with Crippen molar-refractivity contribution in [1.82, 2.24) is 10.2 Å². The Morgan fingerprint density at radius 3 is 2.57 bits per heavy atom. The molecule has 2 nitrogen and oxygen atoms in total. The van der Waals surface area contributed by atoms with E-state index in [1.807, 2.05) is 36.6 Å². The molecule has 0 aliphatic heterocycles. The molecule has 2 aromatic rings. The average molecular weight is 225 g/mol. The molecule has 0 spiro atoms. The Morgan fingerprint density at radius 1 is 1.29 bits per heavy atom. The number of hydrogen-bond acceptors (Lipinski definition) is 2. The van der Waals surface area contributed by atoms with Gasteiger partial charge in [-0.25, -0.2) is 0 Å². The smallest absolute Gasteiger partial charge is 0.118 e. The predicted octanol–water partition coefficient (Wildman–Crippen LogP) is 3.45. The van der Waals surface area contributed by atoms with Gasteiger partial charge in [-0.15, -0.1) is 11.8 Å². The topological polar surface area (TPSA) is 28.7 Å². The third-order valence-corrected chi connectivity index (χ3v) is 2.80. The van der Waals surface area contributed by atoms with Crippen LogP contribution in [0.25, 0.3) is 11.3 Å². The molecular formula is C10H9ClN2S. The highest BCUT2D eigenvalue weighted by Gasteiger charge is 2.01. The molecule has 0 fully saturated rings. The van der Waals surface area contributed by atoms with Crippen molar-refractivity contribution in [1.29, 1.82) is 0 Å². The molecule has 0 radical (unpaired) electrons. The van der Waals surface area contributed by atoms with E-state index >= 15 is 0 Å². The minimum absolute atomic E-state index is 0.748. The number of thioether (sulfide) groups is 1. The first-order valence-electron chi connectivity index (χ1n) is 4.15. The van der Waals surface area contributed by atoms with E-state index in [1.54, 1.807) is 11.8 Å². The van der Waals surface area contributed by atoms with Crippen molar-refractivity contribution < 1.29 is 0 Å². The lowest BCUT2D eigenvalue weighted by Crippen LogP contribution is -1.76. The minimum Gasteiger partial charge on any atom is -0.277 e. The van der Waals surface area contributed by atoms with Crippen molar-refractivity contribution >= 4 is 23.4 Å². The second-order valence-electron chi connectivity index (χ2n) is 2.83. The second-order valence-corrected chi connectivity index (χ2v) is 4.09. The molecule has 4 heteroatoms. The van der Waals surface area contributed by atoms with Crippen molar-refractivity contribution in [2.45, 2.75) is 5.03 Å². The van der Waals surface area contributed by atoms with Gasteiger partial charge in [0.2, 0.25) is 0 Å². The van der Waals surface area contributed by atoms with Crippen molar-refractivity contribution in [2.75, 3.05) is 6.26 Å². The van der Waals surface area contributed by atoms with Crippen molar-refractivity contribution in [3.05, 3.63) is 35.4 Å². The maximum absolute atomic E-state index is 5.80. The maximum Gasteiger partial charge on any atom is 0.118 e. The van der Waals surface area contributed by atoms with Crippen LogP contribution in [0.15, 0.2) is 35.4 Å². The Labute approximate surface area is 91.7 Å². The Balaban J connectivity index is 2.34. The molecule has 14 heavy (non-hydrogen) atoms. The highest BCUT2D eigenvalue weighted by atomic mass is 35.5. The third-order valence-electron chi connectivity index (χ3n) is 1.92. The van der Waals surface area contributed by atoms with Crippen LogP contribution in [0.1, 0.15) is 0 Å². The van der Waals surface area contributed by atoms with Gasteiger partial charge >= 0.3 is 0 Å². The van der Waals surface area contributed by atoms with E-state index in [0.717, 1.165) is 21.3 Å². The third kappa shape index (κ3) is 1.94. The van der Waals surface area contributed by atoms with Crippen LogP contribution in [0.3, 0.4) is 0 Å². The van der Waals surface area contributed by atoms with Gasteiger partial charge in [-0.1, -0.05) is 23.7 Å². The molecule has 1 heterocycles. The summed E-state index contributed by atoms with van der Waals surface area (Å²) in [6, 6.07) is 9.71. The molecule has 1 aromatic carbocycles. The fourth-order valence-electron chi connectivity index (χ4n) is 1.19. The summed E-state index contributed by atoms with van der Waals surface area (Å²) >= 11 is 7.42. The van der Waals surface area contributed by atoms with Crippen LogP contribution >= 0.6 is 23.4 Å². The molecule has 0 saturated heterocycles.